The van der Waals surface area contributed by atoms with Gasteiger partial charge in [-0.3, -0.25) is 0 Å². The van der Waals surface area contributed by atoms with Gasteiger partial charge in [0.05, 0.1) is 42.7 Å². The normalized spacial score (nSPS) is 17.1. The Bertz CT molecular complexity index is 2490. The SMILES string of the molecule is COc1ccc(CNc2ncc(-c3nnc(C)s3)c3cc(N4CC[C@@H](N(C)C(=O)OC(C)(C)C)C4)nc(Oc4c(C)ccc5c4cnn5C4CCCCO4)c23)c(OC)c1. The van der Waals surface area contributed by atoms with Crippen LogP contribution in [0.25, 0.3) is 32.2 Å². The number of methoxy groups -OCH3 is 2. The van der Waals surface area contributed by atoms with Gasteiger partial charge >= 0.3 is 6.09 Å². The van der Waals surface area contributed by atoms with Crippen LogP contribution in [0.3, 0.4) is 0 Å². The van der Waals surface area contributed by atoms with Crippen LogP contribution in [0.1, 0.15) is 68.8 Å². The first-order chi connectivity index (χ1) is 28.4. The van der Waals surface area contributed by atoms with E-state index in [9.17, 15) is 4.79 Å². The molecular weight excluding hydrogens is 771 g/mol. The number of likely N-dealkylation sites (N-methyl/N-ethyl adjacent to an activating group) is 1. The van der Waals surface area contributed by atoms with Crippen LogP contribution < -0.4 is 24.4 Å². The highest BCUT2D eigenvalue weighted by molar-refractivity contribution is 7.14. The summed E-state index contributed by atoms with van der Waals surface area (Å²) in [5.74, 6) is 3.64. The summed E-state index contributed by atoms with van der Waals surface area (Å²) in [4.78, 5) is 27.3. The molecule has 1 N–H and O–H groups in total. The molecule has 59 heavy (non-hydrogen) atoms. The fourth-order valence-electron chi connectivity index (χ4n) is 7.67. The van der Waals surface area contributed by atoms with Crippen LogP contribution in [0.4, 0.5) is 16.4 Å². The number of nitrogens with zero attached hydrogens (tertiary/aromatic N) is 8. The number of pyridine rings is 2. The van der Waals surface area contributed by atoms with Crippen molar-refractivity contribution in [1.29, 1.82) is 0 Å². The molecule has 2 aromatic carbocycles. The van der Waals surface area contributed by atoms with E-state index in [4.69, 9.17) is 38.8 Å². The van der Waals surface area contributed by atoms with Gasteiger partial charge in [-0.05, 0) is 90.1 Å². The van der Waals surface area contributed by atoms with Gasteiger partial charge in [0, 0.05) is 62.1 Å². The molecule has 16 heteroatoms. The van der Waals surface area contributed by atoms with Crippen molar-refractivity contribution in [2.75, 3.05) is 51.2 Å². The van der Waals surface area contributed by atoms with Gasteiger partial charge < -0.3 is 38.8 Å². The maximum absolute atomic E-state index is 13.1. The Morgan fingerprint density at radius 3 is 2.61 bits per heavy atom. The van der Waals surface area contributed by atoms with Crippen LogP contribution in [-0.2, 0) is 16.0 Å². The Hall–Kier alpha value is -5.74. The first kappa shape index (κ1) is 40.1. The Labute approximate surface area is 347 Å². The molecule has 2 aliphatic rings. The predicted molar refractivity (Wildman–Crippen MR) is 228 cm³/mol. The van der Waals surface area contributed by atoms with Gasteiger partial charge in [0.25, 0.3) is 0 Å². The van der Waals surface area contributed by atoms with E-state index in [1.54, 1.807) is 26.2 Å². The van der Waals surface area contributed by atoms with Gasteiger partial charge in [0.2, 0.25) is 5.88 Å². The summed E-state index contributed by atoms with van der Waals surface area (Å²) in [7, 11) is 5.07. The highest BCUT2D eigenvalue weighted by atomic mass is 32.1. The number of fused-ring (bicyclic) bond motifs is 2. The number of hydrogen-bond donors (Lipinski definition) is 1. The molecule has 15 nitrogen and oxygen atoms in total. The summed E-state index contributed by atoms with van der Waals surface area (Å²) in [5.41, 5.74) is 2.94. The van der Waals surface area contributed by atoms with Crippen molar-refractivity contribution >= 4 is 50.7 Å². The standard InChI is InChI=1S/C43H51N9O6S/c1-25-12-15-33-32(23-46-52(33)36-11-9-10-18-56-36)38(25)57-40-37-30(20-35(47-40)51-17-16-28(24-51)50(6)42(53)58-43(3,4)5)31(41-49-48-26(2)59-41)22-45-39(37)44-21-27-13-14-29(54-7)19-34(27)55-8/h12-15,19-20,22-23,28,36H,9-11,16-18,21,24H2,1-8H3,(H,44,45)/t28-,36?/m1/s1. The second-order valence-corrected chi connectivity index (χ2v) is 17.2. The molecule has 4 aromatic heterocycles. The third-order valence-corrected chi connectivity index (χ3v) is 11.7. The molecule has 8 rings (SSSR count). The molecule has 0 aliphatic carbocycles. The average molecular weight is 822 g/mol. The van der Waals surface area contributed by atoms with E-state index in [-0.39, 0.29) is 18.4 Å². The lowest BCUT2D eigenvalue weighted by Crippen LogP contribution is -2.42. The molecule has 0 radical (unpaired) electrons. The fraction of sp³-hybridized carbons (Fsp3) is 0.442. The molecular formula is C43H51N9O6S. The number of anilines is 2. The minimum Gasteiger partial charge on any atom is -0.497 e. The zero-order chi connectivity index (χ0) is 41.4. The molecule has 2 fully saturated rings. The molecule has 310 valence electrons. The van der Waals surface area contributed by atoms with E-state index < -0.39 is 5.60 Å². The van der Waals surface area contributed by atoms with Crippen LogP contribution >= 0.6 is 11.3 Å². The van der Waals surface area contributed by atoms with E-state index in [1.165, 1.54) is 11.3 Å². The lowest BCUT2D eigenvalue weighted by Gasteiger charge is -2.28. The number of rotatable bonds is 11. The molecule has 6 heterocycles. The largest absolute Gasteiger partial charge is 0.497 e. The second-order valence-electron chi connectivity index (χ2n) is 16.0. The number of carbonyl (C=O) groups excluding carboxylic acids is 1. The first-order valence-electron chi connectivity index (χ1n) is 20.0. The van der Waals surface area contributed by atoms with Crippen molar-refractivity contribution in [3.63, 3.8) is 0 Å². The molecule has 2 atom stereocenters. The topological polar surface area (TPSA) is 151 Å². The summed E-state index contributed by atoms with van der Waals surface area (Å²) in [5, 5.41) is 21.2. The quantitative estimate of drug-likeness (QED) is 0.133. The van der Waals surface area contributed by atoms with E-state index in [0.29, 0.717) is 66.4 Å². The molecule has 1 unspecified atom stereocenters. The minimum absolute atomic E-state index is 0.0880. The lowest BCUT2D eigenvalue weighted by atomic mass is 10.1. The van der Waals surface area contributed by atoms with E-state index in [2.05, 4.69) is 32.5 Å². The summed E-state index contributed by atoms with van der Waals surface area (Å²) >= 11 is 1.49. The monoisotopic (exact) mass is 821 g/mol. The smallest absolute Gasteiger partial charge is 0.410 e. The summed E-state index contributed by atoms with van der Waals surface area (Å²) in [6.07, 6.45) is 6.93. The molecule has 6 aromatic rings. The van der Waals surface area contributed by atoms with Crippen LogP contribution in [0.5, 0.6) is 23.1 Å². The van der Waals surface area contributed by atoms with Gasteiger partial charge in [-0.15, -0.1) is 10.2 Å². The highest BCUT2D eigenvalue weighted by Gasteiger charge is 2.33. The van der Waals surface area contributed by atoms with Gasteiger partial charge in [-0.2, -0.15) is 10.1 Å². The van der Waals surface area contributed by atoms with Crippen LogP contribution in [0, 0.1) is 13.8 Å². The molecule has 0 saturated carbocycles. The summed E-state index contributed by atoms with van der Waals surface area (Å²) in [6, 6.07) is 11.8. The molecule has 2 aliphatic heterocycles. The van der Waals surface area contributed by atoms with E-state index in [0.717, 1.165) is 68.7 Å². The van der Waals surface area contributed by atoms with Crippen molar-refractivity contribution in [2.45, 2.75) is 84.7 Å². The third kappa shape index (κ3) is 8.28. The van der Waals surface area contributed by atoms with E-state index >= 15 is 0 Å². The van der Waals surface area contributed by atoms with Crippen molar-refractivity contribution in [1.82, 2.24) is 34.8 Å². The van der Waals surface area contributed by atoms with Crippen LogP contribution in [-0.4, -0.2) is 93.5 Å². The number of amides is 1. The predicted octanol–water partition coefficient (Wildman–Crippen LogP) is 8.68. The maximum Gasteiger partial charge on any atom is 0.410 e. The van der Waals surface area contributed by atoms with Crippen LogP contribution in [0.15, 0.2) is 48.8 Å². The average Bonchev–Trinajstić information content (AvgIpc) is 4.01. The number of aryl methyl sites for hydroxylation is 2. The second kappa shape index (κ2) is 16.5. The van der Waals surface area contributed by atoms with Gasteiger partial charge in [-0.25, -0.2) is 14.5 Å². The number of hydrogen-bond acceptors (Lipinski definition) is 14. The van der Waals surface area contributed by atoms with E-state index in [1.807, 2.05) is 76.0 Å². The van der Waals surface area contributed by atoms with Crippen molar-refractivity contribution < 1.29 is 28.5 Å². The zero-order valence-corrected chi connectivity index (χ0v) is 35.7. The zero-order valence-electron chi connectivity index (χ0n) is 34.9. The third-order valence-electron chi connectivity index (χ3n) is 10.8. The fourth-order valence-corrected chi connectivity index (χ4v) is 8.38. The molecule has 1 amide bonds. The summed E-state index contributed by atoms with van der Waals surface area (Å²) < 4.78 is 32.1. The Morgan fingerprint density at radius 2 is 1.88 bits per heavy atom. The van der Waals surface area contributed by atoms with Crippen molar-refractivity contribution in [2.24, 2.45) is 0 Å². The van der Waals surface area contributed by atoms with Gasteiger partial charge in [0.1, 0.15) is 44.5 Å². The van der Waals surface area contributed by atoms with Gasteiger partial charge in [0.15, 0.2) is 6.23 Å². The maximum atomic E-state index is 13.1. The minimum atomic E-state index is -0.603. The number of ether oxygens (including phenoxy) is 5. The van der Waals surface area contributed by atoms with Crippen LogP contribution in [0.2, 0.25) is 0 Å². The number of aromatic nitrogens is 6. The number of nitrogens with one attached hydrogen (secondary N) is 1. The van der Waals surface area contributed by atoms with Gasteiger partial charge in [-0.1, -0.05) is 17.4 Å². The molecule has 2 saturated heterocycles. The Balaban J connectivity index is 1.26. The Kier molecular flexibility index (Phi) is 11.2. The molecule has 0 bridgehead atoms. The first-order valence-corrected chi connectivity index (χ1v) is 20.8. The van der Waals surface area contributed by atoms with Crippen molar-refractivity contribution in [3.8, 4) is 33.7 Å². The number of carbonyl (C=O) groups is 1. The number of benzene rings is 2. The highest BCUT2D eigenvalue weighted by Crippen LogP contribution is 2.44. The summed E-state index contributed by atoms with van der Waals surface area (Å²) in [6.45, 7) is 11.9. The van der Waals surface area contributed by atoms with Crippen molar-refractivity contribution in [3.05, 3.63) is 64.9 Å². The Morgan fingerprint density at radius 1 is 1.03 bits per heavy atom. The molecule has 0 spiro atoms. The lowest BCUT2D eigenvalue weighted by molar-refractivity contribution is -0.0366.